The molecule has 0 spiro atoms. The van der Waals surface area contributed by atoms with Gasteiger partial charge < -0.3 is 25.0 Å². The van der Waals surface area contributed by atoms with Gasteiger partial charge >= 0.3 is 11.9 Å². The van der Waals surface area contributed by atoms with E-state index in [0.29, 0.717) is 23.7 Å². The molecule has 0 saturated heterocycles. The number of hydrogen-bond donors (Lipinski definition) is 3. The third kappa shape index (κ3) is 4.98. The molecule has 2 rings (SSSR count). The number of aromatic carboxylic acids is 1. The lowest BCUT2D eigenvalue weighted by Gasteiger charge is -2.19. The van der Waals surface area contributed by atoms with E-state index in [-0.39, 0.29) is 17.5 Å². The molecule has 0 aliphatic heterocycles. The number of carboxylic acids is 2. The number of carboxylic acid groups (broad SMARTS) is 2. The van der Waals surface area contributed by atoms with Crippen molar-refractivity contribution in [3.8, 4) is 11.5 Å². The van der Waals surface area contributed by atoms with Crippen LogP contribution in [0, 0.1) is 0 Å². The number of amides is 1. The highest BCUT2D eigenvalue weighted by molar-refractivity contribution is 7.08. The van der Waals surface area contributed by atoms with E-state index in [1.807, 2.05) is 0 Å². The fraction of sp³-hybridized carbons (Fsp3) is 0.278. The van der Waals surface area contributed by atoms with E-state index in [4.69, 9.17) is 14.6 Å². The second kappa shape index (κ2) is 9.04. The molecule has 1 atom stereocenters. The fourth-order valence-electron chi connectivity index (χ4n) is 2.48. The molecular formula is C18H19NO7S. The van der Waals surface area contributed by atoms with Gasteiger partial charge in [0.05, 0.1) is 37.3 Å². The Morgan fingerprint density at radius 3 is 2.44 bits per heavy atom. The van der Waals surface area contributed by atoms with Crippen molar-refractivity contribution in [2.45, 2.75) is 19.4 Å². The lowest BCUT2D eigenvalue weighted by Crippen LogP contribution is -2.31. The normalized spacial score (nSPS) is 11.5. The van der Waals surface area contributed by atoms with E-state index in [2.05, 4.69) is 5.32 Å². The van der Waals surface area contributed by atoms with Crippen LogP contribution in [0.2, 0.25) is 0 Å². The molecule has 8 nitrogen and oxygen atoms in total. The zero-order valence-corrected chi connectivity index (χ0v) is 15.5. The van der Waals surface area contributed by atoms with E-state index in [9.17, 15) is 19.5 Å². The first-order valence-electron chi connectivity index (χ1n) is 8.00. The molecule has 0 aliphatic rings. The van der Waals surface area contributed by atoms with Crippen molar-refractivity contribution in [2.24, 2.45) is 0 Å². The largest absolute Gasteiger partial charge is 0.493 e. The number of rotatable bonds is 9. The molecule has 2 aromatic rings. The van der Waals surface area contributed by atoms with Crippen LogP contribution in [0.3, 0.4) is 0 Å². The SMILES string of the molecule is CCOc1cc(C(CC(=O)O)NC(=O)c2cscc2C(=O)O)ccc1OC. The molecule has 9 heteroatoms. The monoisotopic (exact) mass is 393 g/mol. The number of methoxy groups -OCH3 is 1. The van der Waals surface area contributed by atoms with Crippen molar-refractivity contribution < 1.29 is 34.1 Å². The van der Waals surface area contributed by atoms with Crippen LogP contribution >= 0.6 is 11.3 Å². The summed E-state index contributed by atoms with van der Waals surface area (Å²) in [7, 11) is 1.48. The van der Waals surface area contributed by atoms with Crippen LogP contribution in [0.25, 0.3) is 0 Å². The Kier molecular flexibility index (Phi) is 6.78. The average molecular weight is 393 g/mol. The summed E-state index contributed by atoms with van der Waals surface area (Å²) in [6.45, 7) is 2.18. The highest BCUT2D eigenvalue weighted by atomic mass is 32.1. The minimum atomic E-state index is -1.22. The number of ether oxygens (including phenoxy) is 2. The number of aliphatic carboxylic acids is 1. The van der Waals surface area contributed by atoms with Gasteiger partial charge in [-0.2, -0.15) is 11.3 Å². The Labute approximate surface area is 159 Å². The minimum Gasteiger partial charge on any atom is -0.493 e. The van der Waals surface area contributed by atoms with Crippen LogP contribution in [0.1, 0.15) is 45.7 Å². The summed E-state index contributed by atoms with van der Waals surface area (Å²) in [6, 6.07) is 3.97. The van der Waals surface area contributed by atoms with Crippen LogP contribution in [0.15, 0.2) is 29.0 Å². The van der Waals surface area contributed by atoms with E-state index in [0.717, 1.165) is 11.3 Å². The summed E-state index contributed by atoms with van der Waals surface area (Å²) in [5.41, 5.74) is 0.361. The number of thiophene rings is 1. The van der Waals surface area contributed by atoms with E-state index in [1.165, 1.54) is 17.9 Å². The molecular weight excluding hydrogens is 374 g/mol. The number of hydrogen-bond acceptors (Lipinski definition) is 6. The molecule has 0 fully saturated rings. The molecule has 27 heavy (non-hydrogen) atoms. The topological polar surface area (TPSA) is 122 Å². The highest BCUT2D eigenvalue weighted by Gasteiger charge is 2.24. The Hall–Kier alpha value is -3.07. The highest BCUT2D eigenvalue weighted by Crippen LogP contribution is 2.31. The zero-order chi connectivity index (χ0) is 20.0. The lowest BCUT2D eigenvalue weighted by molar-refractivity contribution is -0.137. The molecule has 0 saturated carbocycles. The van der Waals surface area contributed by atoms with Crippen molar-refractivity contribution in [1.29, 1.82) is 0 Å². The number of nitrogens with one attached hydrogen (secondary N) is 1. The maximum absolute atomic E-state index is 12.5. The summed E-state index contributed by atoms with van der Waals surface area (Å²) in [5.74, 6) is -2.10. The van der Waals surface area contributed by atoms with Gasteiger partial charge in [0.15, 0.2) is 11.5 Å². The first kappa shape index (κ1) is 20.2. The van der Waals surface area contributed by atoms with Crippen molar-refractivity contribution >= 4 is 29.2 Å². The van der Waals surface area contributed by atoms with Crippen molar-refractivity contribution in [1.82, 2.24) is 5.32 Å². The van der Waals surface area contributed by atoms with Crippen molar-refractivity contribution in [2.75, 3.05) is 13.7 Å². The molecule has 1 aromatic heterocycles. The number of carbonyl (C=O) groups excluding carboxylic acids is 1. The summed E-state index contributed by atoms with van der Waals surface area (Å²) in [4.78, 5) is 35.0. The first-order chi connectivity index (χ1) is 12.9. The van der Waals surface area contributed by atoms with Gasteiger partial charge in [-0.25, -0.2) is 4.79 Å². The maximum Gasteiger partial charge on any atom is 0.337 e. The Bertz CT molecular complexity index is 846. The lowest BCUT2D eigenvalue weighted by atomic mass is 10.0. The van der Waals surface area contributed by atoms with Crippen LogP contribution in [0.4, 0.5) is 0 Å². The molecule has 3 N–H and O–H groups in total. The van der Waals surface area contributed by atoms with Gasteiger partial charge in [-0.3, -0.25) is 9.59 Å². The second-order valence-corrected chi connectivity index (χ2v) is 6.22. The van der Waals surface area contributed by atoms with Crippen LogP contribution in [-0.2, 0) is 4.79 Å². The molecule has 1 aromatic carbocycles. The van der Waals surface area contributed by atoms with Gasteiger partial charge in [0.2, 0.25) is 0 Å². The zero-order valence-electron chi connectivity index (χ0n) is 14.7. The van der Waals surface area contributed by atoms with Gasteiger partial charge in [0.1, 0.15) is 0 Å². The fourth-order valence-corrected chi connectivity index (χ4v) is 3.28. The molecule has 0 bridgehead atoms. The second-order valence-electron chi connectivity index (χ2n) is 5.47. The molecule has 1 unspecified atom stereocenters. The molecule has 0 radical (unpaired) electrons. The Morgan fingerprint density at radius 2 is 1.85 bits per heavy atom. The molecule has 1 amide bonds. The number of benzene rings is 1. The summed E-state index contributed by atoms with van der Waals surface area (Å²) < 4.78 is 10.7. The Balaban J connectivity index is 2.34. The van der Waals surface area contributed by atoms with E-state index >= 15 is 0 Å². The van der Waals surface area contributed by atoms with E-state index in [1.54, 1.807) is 25.1 Å². The third-order valence-electron chi connectivity index (χ3n) is 3.71. The van der Waals surface area contributed by atoms with Crippen LogP contribution < -0.4 is 14.8 Å². The molecule has 144 valence electrons. The van der Waals surface area contributed by atoms with Gasteiger partial charge in [0.25, 0.3) is 5.91 Å². The third-order valence-corrected chi connectivity index (χ3v) is 4.45. The van der Waals surface area contributed by atoms with Gasteiger partial charge in [0, 0.05) is 10.8 Å². The number of carbonyl (C=O) groups is 3. The van der Waals surface area contributed by atoms with E-state index < -0.39 is 23.9 Å². The smallest absolute Gasteiger partial charge is 0.337 e. The quantitative estimate of drug-likeness (QED) is 0.599. The first-order valence-corrected chi connectivity index (χ1v) is 8.94. The van der Waals surface area contributed by atoms with Crippen molar-refractivity contribution in [3.63, 3.8) is 0 Å². The van der Waals surface area contributed by atoms with Crippen LogP contribution in [-0.4, -0.2) is 41.8 Å². The summed E-state index contributed by atoms with van der Waals surface area (Å²) in [6.07, 6.45) is -0.379. The predicted octanol–water partition coefficient (Wildman–Crippen LogP) is 2.80. The molecule has 0 aliphatic carbocycles. The Morgan fingerprint density at radius 1 is 1.15 bits per heavy atom. The van der Waals surface area contributed by atoms with Crippen molar-refractivity contribution in [3.05, 3.63) is 45.6 Å². The predicted molar refractivity (Wildman–Crippen MR) is 97.9 cm³/mol. The van der Waals surface area contributed by atoms with Crippen LogP contribution in [0.5, 0.6) is 11.5 Å². The average Bonchev–Trinajstić information content (AvgIpc) is 3.11. The van der Waals surface area contributed by atoms with Gasteiger partial charge in [-0.05, 0) is 24.6 Å². The summed E-state index contributed by atoms with van der Waals surface area (Å²) in [5, 5.41) is 23.7. The van der Waals surface area contributed by atoms with Gasteiger partial charge in [-0.1, -0.05) is 6.07 Å². The summed E-state index contributed by atoms with van der Waals surface area (Å²) >= 11 is 1.08. The molecule has 1 heterocycles. The maximum atomic E-state index is 12.5. The standard InChI is InChI=1S/C18H19NO7S/c1-3-26-15-6-10(4-5-14(15)25-2)13(7-16(20)21)19-17(22)11-8-27-9-12(11)18(23)24/h4-6,8-9,13H,3,7H2,1-2H3,(H,19,22)(H,20,21)(H,23,24). The minimum absolute atomic E-state index is 0.0126. The van der Waals surface area contributed by atoms with Gasteiger partial charge in [-0.15, -0.1) is 0 Å².